The summed E-state index contributed by atoms with van der Waals surface area (Å²) in [5, 5.41) is 8.93. The number of hydrogen-bond donors (Lipinski definition) is 0. The molecule has 1 aliphatic rings. The predicted octanol–water partition coefficient (Wildman–Crippen LogP) is 2.17. The van der Waals surface area contributed by atoms with E-state index in [9.17, 15) is 18.0 Å². The average Bonchev–Trinajstić information content (AvgIpc) is 2.56. The Bertz CT molecular complexity index is 324. The van der Waals surface area contributed by atoms with Crippen molar-refractivity contribution in [2.45, 2.75) is 32.0 Å². The molecule has 1 unspecified atom stereocenters. The SMILES string of the molecule is C[C@@H]1CCC[N+]1(C#N)C(=O)OCC(F)(F)F. The van der Waals surface area contributed by atoms with E-state index in [4.69, 9.17) is 5.26 Å². The molecule has 1 heterocycles. The van der Waals surface area contributed by atoms with Gasteiger partial charge in [0.1, 0.15) is 12.6 Å². The van der Waals surface area contributed by atoms with Gasteiger partial charge in [-0.1, -0.05) is 0 Å². The van der Waals surface area contributed by atoms with Crippen molar-refractivity contribution in [1.82, 2.24) is 0 Å². The van der Waals surface area contributed by atoms with Gasteiger partial charge in [-0.3, -0.25) is 0 Å². The van der Waals surface area contributed by atoms with Gasteiger partial charge in [0.05, 0.1) is 0 Å². The molecule has 0 N–H and O–H groups in total. The number of nitriles is 1. The minimum absolute atomic E-state index is 0.217. The number of alkyl halides is 3. The van der Waals surface area contributed by atoms with E-state index in [-0.39, 0.29) is 12.6 Å². The van der Waals surface area contributed by atoms with Crippen LogP contribution < -0.4 is 0 Å². The first-order chi connectivity index (χ1) is 7.32. The largest absolute Gasteiger partial charge is 0.531 e. The van der Waals surface area contributed by atoms with Gasteiger partial charge in [-0.25, -0.2) is 0 Å². The van der Waals surface area contributed by atoms with Crippen LogP contribution in [-0.2, 0) is 4.74 Å². The zero-order chi connectivity index (χ0) is 12.4. The summed E-state index contributed by atoms with van der Waals surface area (Å²) in [5.74, 6) is 0. The van der Waals surface area contributed by atoms with Crippen LogP contribution in [0.3, 0.4) is 0 Å². The lowest BCUT2D eigenvalue weighted by Crippen LogP contribution is -2.51. The van der Waals surface area contributed by atoms with E-state index in [2.05, 4.69) is 4.74 Å². The lowest BCUT2D eigenvalue weighted by atomic mass is 10.2. The van der Waals surface area contributed by atoms with Crippen molar-refractivity contribution in [1.29, 1.82) is 5.26 Å². The maximum atomic E-state index is 11.9. The van der Waals surface area contributed by atoms with Gasteiger partial charge < -0.3 is 4.74 Å². The highest BCUT2D eigenvalue weighted by Gasteiger charge is 2.50. The molecule has 4 nitrogen and oxygen atoms in total. The van der Waals surface area contributed by atoms with E-state index < -0.39 is 23.4 Å². The Labute approximate surface area is 90.8 Å². The molecule has 2 atom stereocenters. The van der Waals surface area contributed by atoms with Crippen molar-refractivity contribution >= 4 is 6.09 Å². The van der Waals surface area contributed by atoms with E-state index in [1.165, 1.54) is 0 Å². The Morgan fingerprint density at radius 3 is 2.62 bits per heavy atom. The van der Waals surface area contributed by atoms with Crippen molar-refractivity contribution < 1.29 is 27.2 Å². The number of hydrogen-bond acceptors (Lipinski definition) is 3. The second kappa shape index (κ2) is 4.29. The van der Waals surface area contributed by atoms with Crippen molar-refractivity contribution in [3.05, 3.63) is 0 Å². The molecule has 0 aromatic carbocycles. The number of likely N-dealkylation sites (tertiary alicyclic amines) is 1. The summed E-state index contributed by atoms with van der Waals surface area (Å²) >= 11 is 0. The number of halogens is 3. The summed E-state index contributed by atoms with van der Waals surface area (Å²) in [6.45, 7) is 0.236. The molecular weight excluding hydrogens is 225 g/mol. The van der Waals surface area contributed by atoms with Gasteiger partial charge in [-0.2, -0.15) is 18.0 Å². The smallest absolute Gasteiger partial charge is 0.410 e. The van der Waals surface area contributed by atoms with Gasteiger partial charge in [0.25, 0.3) is 0 Å². The van der Waals surface area contributed by atoms with Crippen molar-refractivity contribution in [3.8, 4) is 6.19 Å². The normalized spacial score (nSPS) is 29.8. The summed E-state index contributed by atoms with van der Waals surface area (Å²) < 4.78 is 39.1. The summed E-state index contributed by atoms with van der Waals surface area (Å²) in [5.41, 5.74) is 0. The zero-order valence-corrected chi connectivity index (χ0v) is 8.75. The first kappa shape index (κ1) is 12.8. The van der Waals surface area contributed by atoms with Crippen molar-refractivity contribution in [2.24, 2.45) is 0 Å². The quantitative estimate of drug-likeness (QED) is 0.518. The molecule has 7 heteroatoms. The van der Waals surface area contributed by atoms with E-state index in [1.807, 2.05) is 0 Å². The van der Waals surface area contributed by atoms with Gasteiger partial charge in [-0.05, 0) is 6.92 Å². The number of carbonyl (C=O) groups is 1. The molecule has 16 heavy (non-hydrogen) atoms. The Balaban J connectivity index is 2.69. The van der Waals surface area contributed by atoms with Gasteiger partial charge in [0, 0.05) is 12.8 Å². The van der Waals surface area contributed by atoms with Gasteiger partial charge in [0.2, 0.25) is 0 Å². The number of carbonyl (C=O) groups excluding carboxylic acids is 1. The molecule has 1 rings (SSSR count). The van der Waals surface area contributed by atoms with Crippen LogP contribution in [0, 0.1) is 11.5 Å². The summed E-state index contributed by atoms with van der Waals surface area (Å²) in [7, 11) is 0. The lowest BCUT2D eigenvalue weighted by Gasteiger charge is -2.24. The molecule has 0 bridgehead atoms. The van der Waals surface area contributed by atoms with Crippen LogP contribution in [-0.4, -0.2) is 35.9 Å². The van der Waals surface area contributed by atoms with Crippen LogP contribution in [0.15, 0.2) is 0 Å². The van der Waals surface area contributed by atoms with Crippen LogP contribution in [0.1, 0.15) is 19.8 Å². The second-order valence-electron chi connectivity index (χ2n) is 3.85. The summed E-state index contributed by atoms with van der Waals surface area (Å²) in [6.07, 6.45) is -2.64. The maximum absolute atomic E-state index is 11.9. The molecule has 0 aromatic rings. The molecule has 1 saturated heterocycles. The van der Waals surface area contributed by atoms with E-state index >= 15 is 0 Å². The van der Waals surface area contributed by atoms with Crippen molar-refractivity contribution in [2.75, 3.05) is 13.2 Å². The number of quaternary nitrogens is 1. The fraction of sp³-hybridized carbons (Fsp3) is 0.778. The first-order valence-electron chi connectivity index (χ1n) is 4.85. The number of rotatable bonds is 1. The van der Waals surface area contributed by atoms with Crippen LogP contribution >= 0.6 is 0 Å². The highest BCUT2D eigenvalue weighted by atomic mass is 19.4. The monoisotopic (exact) mass is 237 g/mol. The molecule has 1 aliphatic heterocycles. The van der Waals surface area contributed by atoms with Crippen LogP contribution in [0.25, 0.3) is 0 Å². The van der Waals surface area contributed by atoms with Crippen LogP contribution in [0.2, 0.25) is 0 Å². The molecule has 90 valence electrons. The average molecular weight is 237 g/mol. The lowest BCUT2D eigenvalue weighted by molar-refractivity contribution is -0.803. The van der Waals surface area contributed by atoms with Gasteiger partial charge in [0.15, 0.2) is 6.61 Å². The van der Waals surface area contributed by atoms with Crippen LogP contribution in [0.4, 0.5) is 18.0 Å². The highest BCUT2D eigenvalue weighted by molar-refractivity contribution is 5.61. The molecular formula is C9H12F3N2O2+. The summed E-state index contributed by atoms with van der Waals surface area (Å²) in [4.78, 5) is 11.5. The Hall–Kier alpha value is -1.29. The molecule has 0 spiro atoms. The third-order valence-corrected chi connectivity index (χ3v) is 2.75. The van der Waals surface area contributed by atoms with Crippen molar-refractivity contribution in [3.63, 3.8) is 0 Å². The second-order valence-corrected chi connectivity index (χ2v) is 3.85. The number of nitrogens with zero attached hydrogens (tertiary/aromatic N) is 2. The Kier molecular flexibility index (Phi) is 3.43. The summed E-state index contributed by atoms with van der Waals surface area (Å²) in [6, 6.07) is -0.314. The third kappa shape index (κ3) is 2.44. The molecule has 1 amide bonds. The Morgan fingerprint density at radius 2 is 2.25 bits per heavy atom. The maximum Gasteiger partial charge on any atom is 0.531 e. The van der Waals surface area contributed by atoms with E-state index in [0.29, 0.717) is 12.8 Å². The fourth-order valence-electron chi connectivity index (χ4n) is 1.80. The topological polar surface area (TPSA) is 50.1 Å². The molecule has 0 saturated carbocycles. The predicted molar refractivity (Wildman–Crippen MR) is 46.8 cm³/mol. The molecule has 0 radical (unpaired) electrons. The number of amides is 1. The standard InChI is InChI=1S/C9H12F3N2O2/c1-7-3-2-4-14(7,6-13)8(15)16-5-9(10,11)12/h7H,2-5H2,1H3/q+1/t7-,14?/m1/s1. The fourth-order valence-corrected chi connectivity index (χ4v) is 1.80. The Morgan fingerprint density at radius 1 is 1.62 bits per heavy atom. The van der Waals surface area contributed by atoms with Gasteiger partial charge in [-0.15, -0.1) is 9.74 Å². The highest BCUT2D eigenvalue weighted by Crippen LogP contribution is 2.28. The van der Waals surface area contributed by atoms with Gasteiger partial charge >= 0.3 is 18.5 Å². The molecule has 1 fully saturated rings. The van der Waals surface area contributed by atoms with E-state index in [0.717, 1.165) is 0 Å². The third-order valence-electron chi connectivity index (χ3n) is 2.75. The number of ether oxygens (including phenoxy) is 1. The minimum Gasteiger partial charge on any atom is -0.410 e. The molecule has 0 aromatic heterocycles. The first-order valence-corrected chi connectivity index (χ1v) is 4.85. The minimum atomic E-state index is -4.56. The molecule has 0 aliphatic carbocycles. The van der Waals surface area contributed by atoms with E-state index in [1.54, 1.807) is 13.1 Å². The van der Waals surface area contributed by atoms with Crippen LogP contribution in [0.5, 0.6) is 0 Å². The zero-order valence-electron chi connectivity index (χ0n) is 8.75.